The van der Waals surface area contributed by atoms with Crippen molar-refractivity contribution in [3.63, 3.8) is 0 Å². The van der Waals surface area contributed by atoms with Gasteiger partial charge in [0, 0.05) is 12.3 Å². The summed E-state index contributed by atoms with van der Waals surface area (Å²) in [6, 6.07) is 0. The van der Waals surface area contributed by atoms with Crippen LogP contribution in [-0.4, -0.2) is 18.5 Å². The third kappa shape index (κ3) is 3.46. The summed E-state index contributed by atoms with van der Waals surface area (Å²) < 4.78 is 11.9. The minimum absolute atomic E-state index is 0.0152. The largest absolute Gasteiger partial charge is 0.349 e. The number of hydrogen-bond acceptors (Lipinski definition) is 2. The smallest absolute Gasteiger partial charge is 0.160 e. The van der Waals surface area contributed by atoms with Crippen LogP contribution in [0.25, 0.3) is 0 Å². The van der Waals surface area contributed by atoms with E-state index in [2.05, 4.69) is 41.5 Å². The molecule has 1 fully saturated rings. The van der Waals surface area contributed by atoms with Crippen LogP contribution < -0.4 is 0 Å². The highest BCUT2D eigenvalue weighted by molar-refractivity contribution is 4.77. The van der Waals surface area contributed by atoms with Gasteiger partial charge in [0.1, 0.15) is 0 Å². The summed E-state index contributed by atoms with van der Waals surface area (Å²) in [7, 11) is 0. The van der Waals surface area contributed by atoms with E-state index in [1.807, 2.05) is 0 Å². The molecule has 0 bridgehead atoms. The van der Waals surface area contributed by atoms with Crippen LogP contribution in [0, 0.1) is 17.8 Å². The quantitative estimate of drug-likeness (QED) is 0.716. The lowest BCUT2D eigenvalue weighted by atomic mass is 9.93. The van der Waals surface area contributed by atoms with E-state index < -0.39 is 0 Å². The molecule has 0 aromatic heterocycles. The Labute approximate surface area is 94.3 Å². The lowest BCUT2D eigenvalue weighted by Gasteiger charge is -2.40. The highest BCUT2D eigenvalue weighted by Gasteiger charge is 2.34. The first-order valence-corrected chi connectivity index (χ1v) is 6.22. The van der Waals surface area contributed by atoms with Gasteiger partial charge in [-0.15, -0.1) is 0 Å². The van der Waals surface area contributed by atoms with E-state index in [0.717, 1.165) is 6.42 Å². The molecule has 1 rings (SSSR count). The Morgan fingerprint density at radius 1 is 0.733 bits per heavy atom. The zero-order valence-corrected chi connectivity index (χ0v) is 11.0. The van der Waals surface area contributed by atoms with E-state index in [0.29, 0.717) is 30.0 Å². The fourth-order valence-electron chi connectivity index (χ4n) is 1.89. The molecule has 90 valence electrons. The van der Waals surface area contributed by atoms with Gasteiger partial charge in [-0.1, -0.05) is 41.5 Å². The van der Waals surface area contributed by atoms with E-state index in [1.165, 1.54) is 0 Å². The normalized spacial score (nSPS) is 33.0. The van der Waals surface area contributed by atoms with Gasteiger partial charge in [-0.3, -0.25) is 0 Å². The summed E-state index contributed by atoms with van der Waals surface area (Å²) in [5.41, 5.74) is 0. The highest BCUT2D eigenvalue weighted by atomic mass is 16.7. The van der Waals surface area contributed by atoms with Gasteiger partial charge in [0.05, 0.1) is 12.2 Å². The molecule has 15 heavy (non-hydrogen) atoms. The Morgan fingerprint density at radius 2 is 1.13 bits per heavy atom. The second-order valence-corrected chi connectivity index (χ2v) is 5.69. The van der Waals surface area contributed by atoms with Gasteiger partial charge in [-0.2, -0.15) is 0 Å². The van der Waals surface area contributed by atoms with E-state index in [-0.39, 0.29) is 6.29 Å². The van der Waals surface area contributed by atoms with Gasteiger partial charge >= 0.3 is 0 Å². The first-order chi connectivity index (χ1) is 6.91. The topological polar surface area (TPSA) is 18.5 Å². The number of rotatable bonds is 3. The van der Waals surface area contributed by atoms with E-state index in [4.69, 9.17) is 9.47 Å². The van der Waals surface area contributed by atoms with Crippen LogP contribution in [0.2, 0.25) is 0 Å². The van der Waals surface area contributed by atoms with Crippen LogP contribution in [-0.2, 0) is 9.47 Å². The minimum Gasteiger partial charge on any atom is -0.349 e. The second kappa shape index (κ2) is 5.31. The Morgan fingerprint density at radius 3 is 1.40 bits per heavy atom. The van der Waals surface area contributed by atoms with Crippen molar-refractivity contribution in [2.75, 3.05) is 0 Å². The SMILES string of the molecule is CC(C)C1CC(C(C)C)OC(C(C)C)O1. The van der Waals surface area contributed by atoms with Crippen molar-refractivity contribution in [3.05, 3.63) is 0 Å². The van der Waals surface area contributed by atoms with Crippen molar-refractivity contribution in [3.8, 4) is 0 Å². The van der Waals surface area contributed by atoms with Crippen molar-refractivity contribution < 1.29 is 9.47 Å². The third-order valence-electron chi connectivity index (χ3n) is 3.11. The summed E-state index contributed by atoms with van der Waals surface area (Å²) >= 11 is 0. The lowest BCUT2D eigenvalue weighted by molar-refractivity contribution is -0.274. The van der Waals surface area contributed by atoms with Gasteiger partial charge in [-0.25, -0.2) is 0 Å². The van der Waals surface area contributed by atoms with Gasteiger partial charge < -0.3 is 9.47 Å². The van der Waals surface area contributed by atoms with Crippen molar-refractivity contribution in [2.45, 2.75) is 66.5 Å². The van der Waals surface area contributed by atoms with Crippen molar-refractivity contribution in [1.82, 2.24) is 0 Å². The van der Waals surface area contributed by atoms with Gasteiger partial charge in [0.25, 0.3) is 0 Å². The van der Waals surface area contributed by atoms with Crippen molar-refractivity contribution in [1.29, 1.82) is 0 Å². The van der Waals surface area contributed by atoms with E-state index in [9.17, 15) is 0 Å². The lowest BCUT2D eigenvalue weighted by Crippen LogP contribution is -2.44. The van der Waals surface area contributed by atoms with Crippen LogP contribution in [0.5, 0.6) is 0 Å². The van der Waals surface area contributed by atoms with Crippen LogP contribution in [0.4, 0.5) is 0 Å². The Kier molecular flexibility index (Phi) is 4.60. The van der Waals surface area contributed by atoms with Gasteiger partial charge in [0.15, 0.2) is 6.29 Å². The molecule has 0 aliphatic carbocycles. The Bertz CT molecular complexity index is 148. The third-order valence-corrected chi connectivity index (χ3v) is 3.11. The van der Waals surface area contributed by atoms with Crippen molar-refractivity contribution >= 4 is 0 Å². The molecule has 1 heterocycles. The molecule has 0 N–H and O–H groups in total. The summed E-state index contributed by atoms with van der Waals surface area (Å²) in [5, 5.41) is 0. The Balaban J connectivity index is 2.64. The fraction of sp³-hybridized carbons (Fsp3) is 1.00. The van der Waals surface area contributed by atoms with Crippen LogP contribution in [0.3, 0.4) is 0 Å². The molecule has 1 saturated heterocycles. The van der Waals surface area contributed by atoms with E-state index >= 15 is 0 Å². The number of hydrogen-bond donors (Lipinski definition) is 0. The van der Waals surface area contributed by atoms with Crippen LogP contribution in [0.15, 0.2) is 0 Å². The zero-order valence-electron chi connectivity index (χ0n) is 11.0. The maximum atomic E-state index is 5.97. The summed E-state index contributed by atoms with van der Waals surface area (Å²) in [4.78, 5) is 0. The first kappa shape index (κ1) is 13.0. The molecular weight excluding hydrogens is 188 g/mol. The van der Waals surface area contributed by atoms with Crippen LogP contribution in [0.1, 0.15) is 48.0 Å². The predicted molar refractivity (Wildman–Crippen MR) is 62.7 cm³/mol. The monoisotopic (exact) mass is 214 g/mol. The van der Waals surface area contributed by atoms with E-state index in [1.54, 1.807) is 0 Å². The molecule has 1 aliphatic heterocycles. The molecule has 0 aromatic rings. The molecular formula is C13H26O2. The summed E-state index contributed by atoms with van der Waals surface area (Å²) in [5.74, 6) is 1.60. The first-order valence-electron chi connectivity index (χ1n) is 6.22. The molecule has 0 amide bonds. The molecule has 0 radical (unpaired) electrons. The average Bonchev–Trinajstić information content (AvgIpc) is 2.16. The standard InChI is InChI=1S/C13H26O2/c1-8(2)11-7-12(9(3)4)15-13(14-11)10(5)6/h8-13H,7H2,1-6H3. The van der Waals surface area contributed by atoms with Gasteiger partial charge in [0.2, 0.25) is 0 Å². The molecule has 2 atom stereocenters. The second-order valence-electron chi connectivity index (χ2n) is 5.69. The molecule has 2 unspecified atom stereocenters. The summed E-state index contributed by atoms with van der Waals surface area (Å²) in [6.45, 7) is 13.2. The average molecular weight is 214 g/mol. The molecule has 0 spiro atoms. The maximum Gasteiger partial charge on any atom is 0.160 e. The summed E-state index contributed by atoms with van der Waals surface area (Å²) in [6.07, 6.45) is 1.74. The van der Waals surface area contributed by atoms with Crippen molar-refractivity contribution in [2.24, 2.45) is 17.8 Å². The zero-order chi connectivity index (χ0) is 11.6. The number of ether oxygens (including phenoxy) is 2. The van der Waals surface area contributed by atoms with Gasteiger partial charge in [-0.05, 0) is 11.8 Å². The predicted octanol–water partition coefficient (Wildman–Crippen LogP) is 3.45. The highest BCUT2D eigenvalue weighted by Crippen LogP contribution is 2.30. The maximum absolute atomic E-state index is 5.97. The fourth-order valence-corrected chi connectivity index (χ4v) is 1.89. The molecule has 0 saturated carbocycles. The molecule has 2 nitrogen and oxygen atoms in total. The Hall–Kier alpha value is -0.0800. The molecule has 0 aromatic carbocycles. The molecule has 2 heteroatoms. The van der Waals surface area contributed by atoms with Crippen LogP contribution >= 0.6 is 0 Å². The minimum atomic E-state index is -0.0152. The molecule has 1 aliphatic rings.